The van der Waals surface area contributed by atoms with Crippen molar-refractivity contribution in [3.63, 3.8) is 0 Å². The van der Waals surface area contributed by atoms with Crippen LogP contribution in [0.3, 0.4) is 0 Å². The van der Waals surface area contributed by atoms with Gasteiger partial charge >= 0.3 is 6.03 Å². The average Bonchev–Trinajstić information content (AvgIpc) is 2.29. The standard InChI is InChI=1S/C11H8ClIN2O3/c1-5-9(16)14-11(18)15(10(5)17)8-3-2-6(12)4-7(8)13/h2-5H,1H3,(H,14,16,18). The van der Waals surface area contributed by atoms with Crippen molar-refractivity contribution in [1.82, 2.24) is 5.32 Å². The number of nitrogens with one attached hydrogen (secondary N) is 1. The highest BCUT2D eigenvalue weighted by molar-refractivity contribution is 14.1. The number of halogens is 2. The number of hydrogen-bond donors (Lipinski definition) is 1. The number of carbonyl (C=O) groups excluding carboxylic acids is 3. The van der Waals surface area contributed by atoms with E-state index in [1.807, 2.05) is 22.6 Å². The minimum absolute atomic E-state index is 0.418. The molecule has 1 heterocycles. The third-order valence-corrected chi connectivity index (χ3v) is 3.67. The predicted octanol–water partition coefficient (Wildman–Crippen LogP) is 2.16. The number of barbiturate groups is 1. The SMILES string of the molecule is CC1C(=O)NC(=O)N(c2ccc(Cl)cc2I)C1=O. The highest BCUT2D eigenvalue weighted by atomic mass is 127. The molecule has 7 heteroatoms. The Morgan fingerprint density at radius 2 is 2.00 bits per heavy atom. The van der Waals surface area contributed by atoms with E-state index in [-0.39, 0.29) is 0 Å². The van der Waals surface area contributed by atoms with E-state index in [4.69, 9.17) is 11.6 Å². The number of urea groups is 1. The van der Waals surface area contributed by atoms with E-state index in [0.29, 0.717) is 14.3 Å². The zero-order valence-electron chi connectivity index (χ0n) is 9.24. The van der Waals surface area contributed by atoms with Crippen LogP contribution in [0.25, 0.3) is 0 Å². The Hall–Kier alpha value is -1.15. The molecule has 0 saturated carbocycles. The largest absolute Gasteiger partial charge is 0.335 e. The maximum absolute atomic E-state index is 12.0. The molecule has 0 aromatic heterocycles. The first-order valence-corrected chi connectivity index (χ1v) is 6.51. The summed E-state index contributed by atoms with van der Waals surface area (Å²) in [6.45, 7) is 1.46. The van der Waals surface area contributed by atoms with Gasteiger partial charge < -0.3 is 0 Å². The highest BCUT2D eigenvalue weighted by Gasteiger charge is 2.39. The van der Waals surface area contributed by atoms with Gasteiger partial charge in [0.2, 0.25) is 11.8 Å². The number of nitrogens with zero attached hydrogens (tertiary/aromatic N) is 1. The van der Waals surface area contributed by atoms with E-state index in [2.05, 4.69) is 5.32 Å². The van der Waals surface area contributed by atoms with Gasteiger partial charge in [-0.15, -0.1) is 0 Å². The minimum Gasteiger partial charge on any atom is -0.277 e. The molecule has 1 unspecified atom stereocenters. The van der Waals surface area contributed by atoms with Crippen LogP contribution < -0.4 is 10.2 Å². The fraction of sp³-hybridized carbons (Fsp3) is 0.182. The lowest BCUT2D eigenvalue weighted by atomic mass is 10.1. The van der Waals surface area contributed by atoms with E-state index >= 15 is 0 Å². The van der Waals surface area contributed by atoms with Gasteiger partial charge in [-0.05, 0) is 47.7 Å². The number of rotatable bonds is 1. The van der Waals surface area contributed by atoms with Gasteiger partial charge in [-0.25, -0.2) is 9.69 Å². The monoisotopic (exact) mass is 378 g/mol. The summed E-state index contributed by atoms with van der Waals surface area (Å²) in [7, 11) is 0. The Kier molecular flexibility index (Phi) is 3.58. The van der Waals surface area contributed by atoms with E-state index in [9.17, 15) is 14.4 Å². The molecular weight excluding hydrogens is 370 g/mol. The van der Waals surface area contributed by atoms with Crippen molar-refractivity contribution >= 4 is 57.7 Å². The van der Waals surface area contributed by atoms with Crippen molar-refractivity contribution in [3.05, 3.63) is 26.8 Å². The lowest BCUT2D eigenvalue weighted by molar-refractivity contribution is -0.133. The molecule has 1 atom stereocenters. The molecule has 18 heavy (non-hydrogen) atoms. The number of carbonyl (C=O) groups is 3. The summed E-state index contributed by atoms with van der Waals surface area (Å²) in [6, 6.07) is 4.06. The maximum atomic E-state index is 12.0. The van der Waals surface area contributed by atoms with Crippen molar-refractivity contribution in [2.24, 2.45) is 5.92 Å². The van der Waals surface area contributed by atoms with E-state index < -0.39 is 23.8 Å². The molecular formula is C11H8ClIN2O3. The summed E-state index contributed by atoms with van der Waals surface area (Å²) >= 11 is 7.79. The molecule has 1 aliphatic rings. The molecule has 0 aliphatic carbocycles. The molecule has 1 fully saturated rings. The first kappa shape index (κ1) is 13.3. The van der Waals surface area contributed by atoms with Gasteiger partial charge in [-0.2, -0.15) is 0 Å². The summed E-state index contributed by atoms with van der Waals surface area (Å²) in [6.07, 6.45) is 0. The van der Waals surface area contributed by atoms with Crippen molar-refractivity contribution in [2.75, 3.05) is 4.90 Å². The van der Waals surface area contributed by atoms with Crippen LogP contribution in [0, 0.1) is 9.49 Å². The zero-order valence-corrected chi connectivity index (χ0v) is 12.2. The topological polar surface area (TPSA) is 66.5 Å². The average molecular weight is 379 g/mol. The second-order valence-corrected chi connectivity index (χ2v) is 5.38. The molecule has 1 aromatic carbocycles. The fourth-order valence-electron chi connectivity index (χ4n) is 1.57. The number of amides is 4. The fourth-order valence-corrected chi connectivity index (χ4v) is 2.68. The van der Waals surface area contributed by atoms with Crippen LogP contribution in [0.4, 0.5) is 10.5 Å². The molecule has 1 saturated heterocycles. The van der Waals surface area contributed by atoms with Crippen LogP contribution in [0.2, 0.25) is 5.02 Å². The lowest BCUT2D eigenvalue weighted by Crippen LogP contribution is -2.57. The first-order chi connectivity index (χ1) is 8.41. The van der Waals surface area contributed by atoms with Crippen molar-refractivity contribution < 1.29 is 14.4 Å². The molecule has 94 valence electrons. The highest BCUT2D eigenvalue weighted by Crippen LogP contribution is 2.28. The molecule has 4 amide bonds. The second-order valence-electron chi connectivity index (χ2n) is 3.79. The molecule has 1 aliphatic heterocycles. The zero-order chi connectivity index (χ0) is 13.4. The van der Waals surface area contributed by atoms with Gasteiger partial charge in [-0.3, -0.25) is 14.9 Å². The molecule has 0 spiro atoms. The molecule has 5 nitrogen and oxygen atoms in total. The summed E-state index contributed by atoms with van der Waals surface area (Å²) in [5, 5.41) is 2.65. The van der Waals surface area contributed by atoms with Gasteiger partial charge in [0.25, 0.3) is 0 Å². The molecule has 0 radical (unpaired) electrons. The normalized spacial score (nSPS) is 20.1. The molecule has 1 N–H and O–H groups in total. The van der Waals surface area contributed by atoms with Gasteiger partial charge in [-0.1, -0.05) is 11.6 Å². The number of imide groups is 2. The Balaban J connectivity index is 2.46. The van der Waals surface area contributed by atoms with Crippen molar-refractivity contribution in [1.29, 1.82) is 0 Å². The predicted molar refractivity (Wildman–Crippen MR) is 74.4 cm³/mol. The molecule has 1 aromatic rings. The molecule has 0 bridgehead atoms. The maximum Gasteiger partial charge on any atom is 0.335 e. The number of benzene rings is 1. The first-order valence-electron chi connectivity index (χ1n) is 5.05. The van der Waals surface area contributed by atoms with Crippen LogP contribution >= 0.6 is 34.2 Å². The Morgan fingerprint density at radius 3 is 2.61 bits per heavy atom. The van der Waals surface area contributed by atoms with Crippen LogP contribution in [0.15, 0.2) is 18.2 Å². The van der Waals surface area contributed by atoms with E-state index in [1.165, 1.54) is 6.92 Å². The van der Waals surface area contributed by atoms with Crippen LogP contribution in [0.1, 0.15) is 6.92 Å². The third-order valence-electron chi connectivity index (χ3n) is 2.57. The quantitative estimate of drug-likeness (QED) is 0.602. The van der Waals surface area contributed by atoms with E-state index in [0.717, 1.165) is 4.90 Å². The molecule has 2 rings (SSSR count). The van der Waals surface area contributed by atoms with E-state index in [1.54, 1.807) is 18.2 Å². The summed E-state index contributed by atoms with van der Waals surface area (Å²) in [5.41, 5.74) is 0.418. The Morgan fingerprint density at radius 1 is 1.33 bits per heavy atom. The van der Waals surface area contributed by atoms with Crippen LogP contribution in [-0.4, -0.2) is 17.8 Å². The van der Waals surface area contributed by atoms with Gasteiger partial charge in [0.15, 0.2) is 0 Å². The third kappa shape index (κ3) is 2.22. The van der Waals surface area contributed by atoms with Crippen molar-refractivity contribution in [3.8, 4) is 0 Å². The smallest absolute Gasteiger partial charge is 0.277 e. The number of hydrogen-bond acceptors (Lipinski definition) is 3. The van der Waals surface area contributed by atoms with Gasteiger partial charge in [0.1, 0.15) is 5.92 Å². The Bertz CT molecular complexity index is 561. The summed E-state index contributed by atoms with van der Waals surface area (Å²) < 4.78 is 0.658. The van der Waals surface area contributed by atoms with Gasteiger partial charge in [0.05, 0.1) is 5.69 Å². The minimum atomic E-state index is -0.880. The summed E-state index contributed by atoms with van der Waals surface area (Å²) in [5.74, 6) is -2.00. The second kappa shape index (κ2) is 4.85. The summed E-state index contributed by atoms with van der Waals surface area (Å²) in [4.78, 5) is 36.0. The van der Waals surface area contributed by atoms with Crippen LogP contribution in [-0.2, 0) is 9.59 Å². The van der Waals surface area contributed by atoms with Gasteiger partial charge in [0, 0.05) is 8.59 Å². The number of anilines is 1. The lowest BCUT2D eigenvalue weighted by Gasteiger charge is -2.29. The van der Waals surface area contributed by atoms with Crippen molar-refractivity contribution in [2.45, 2.75) is 6.92 Å². The van der Waals surface area contributed by atoms with Crippen LogP contribution in [0.5, 0.6) is 0 Å². The Labute approximate surface area is 122 Å².